The quantitative estimate of drug-likeness (QED) is 0.296. The number of carbonyl (C=O) groups is 2. The van der Waals surface area contributed by atoms with E-state index in [0.29, 0.717) is 0 Å². The van der Waals surface area contributed by atoms with Crippen LogP contribution in [0.3, 0.4) is 0 Å². The second kappa shape index (κ2) is 6.39. The third-order valence-electron chi connectivity index (χ3n) is 0.167. The summed E-state index contributed by atoms with van der Waals surface area (Å²) in [6.45, 7) is 0. The van der Waals surface area contributed by atoms with Crippen LogP contribution >= 0.6 is 0 Å². The summed E-state index contributed by atoms with van der Waals surface area (Å²) in [5.74, 6) is -4.37. The van der Waals surface area contributed by atoms with Gasteiger partial charge in [-0.05, 0) is 0 Å². The Kier molecular flexibility index (Phi) is 12.5. The molecule has 0 fully saturated rings. The van der Waals surface area contributed by atoms with Gasteiger partial charge in [0.25, 0.3) is 0 Å². The van der Waals surface area contributed by atoms with Crippen LogP contribution in [0.5, 0.6) is 0 Å². The molecular weight excluding hydrogens is 161 g/mol. The van der Waals surface area contributed by atoms with Crippen molar-refractivity contribution in [2.24, 2.45) is 0 Å². The first-order chi connectivity index (χ1) is 2.64. The molecule has 0 radical (unpaired) electrons. The van der Waals surface area contributed by atoms with Gasteiger partial charge in [-0.3, -0.25) is 0 Å². The first kappa shape index (κ1) is 15.7. The molecular formula is C2H3NNiO4. The topological polar surface area (TPSA) is 115 Å². The molecule has 0 rings (SSSR count). The van der Waals surface area contributed by atoms with Crippen LogP contribution in [0.4, 0.5) is 0 Å². The summed E-state index contributed by atoms with van der Waals surface area (Å²) in [7, 11) is 0. The molecule has 0 aromatic rings. The summed E-state index contributed by atoms with van der Waals surface area (Å²) >= 11 is 0. The summed E-state index contributed by atoms with van der Waals surface area (Å²) in [6, 6.07) is 0. The van der Waals surface area contributed by atoms with Gasteiger partial charge in [0.2, 0.25) is 0 Å². The molecule has 6 heteroatoms. The Bertz CT molecular complexity index is 80.0. The van der Waals surface area contributed by atoms with E-state index < -0.39 is 11.9 Å². The number of aliphatic carboxylic acids is 2. The van der Waals surface area contributed by atoms with E-state index >= 15 is 0 Å². The fourth-order valence-corrected chi connectivity index (χ4v) is 0. The molecule has 8 heavy (non-hydrogen) atoms. The Morgan fingerprint density at radius 3 is 1.12 bits per heavy atom. The number of rotatable bonds is 0. The van der Waals surface area contributed by atoms with Crippen molar-refractivity contribution in [2.45, 2.75) is 0 Å². The Balaban J connectivity index is -0.000000125. The van der Waals surface area contributed by atoms with Crippen molar-refractivity contribution >= 4 is 11.9 Å². The molecule has 3 N–H and O–H groups in total. The van der Waals surface area contributed by atoms with Crippen molar-refractivity contribution < 1.29 is 36.3 Å². The summed E-state index contributed by atoms with van der Waals surface area (Å²) in [4.78, 5) is 17.9. The second-order valence-corrected chi connectivity index (χ2v) is 0.575. The Hall–Kier alpha value is -0.606. The maximum atomic E-state index is 8.93. The Morgan fingerprint density at radius 1 is 1.00 bits per heavy atom. The van der Waals surface area contributed by atoms with Crippen molar-refractivity contribution in [3.8, 4) is 0 Å². The molecule has 0 saturated carbocycles. The van der Waals surface area contributed by atoms with Crippen LogP contribution < -0.4 is 16.4 Å². The molecule has 0 spiro atoms. The standard InChI is InChI=1S/C2H2O4.H3N.Ni/c3-1(4)2(5)6;;/h(H,3,4)(H,5,6);1H3;/q;;+2/p-2. The molecule has 0 saturated heterocycles. The zero-order chi connectivity index (χ0) is 5.15. The number of carboxylic acid groups (broad SMARTS) is 2. The number of carboxylic acids is 2. The summed E-state index contributed by atoms with van der Waals surface area (Å²) in [6.07, 6.45) is 0. The van der Waals surface area contributed by atoms with Gasteiger partial charge in [0, 0.05) is 0 Å². The maximum absolute atomic E-state index is 8.93. The normalized spacial score (nSPS) is 5.50. The number of hydrogen-bond acceptors (Lipinski definition) is 5. The molecule has 0 heterocycles. The fraction of sp³-hybridized carbons (Fsp3) is 0. The minimum Gasteiger partial charge on any atom is -0.543 e. The van der Waals surface area contributed by atoms with Gasteiger partial charge in [-0.15, -0.1) is 0 Å². The molecule has 0 aliphatic rings. The van der Waals surface area contributed by atoms with Crippen LogP contribution in [-0.2, 0) is 26.1 Å². The third-order valence-corrected chi connectivity index (χ3v) is 0.167. The molecule has 5 nitrogen and oxygen atoms in total. The van der Waals surface area contributed by atoms with Gasteiger partial charge in [0.1, 0.15) is 0 Å². The summed E-state index contributed by atoms with van der Waals surface area (Å²) in [5.41, 5.74) is 0. The van der Waals surface area contributed by atoms with Crippen LogP contribution in [0, 0.1) is 0 Å². The first-order valence-electron chi connectivity index (χ1n) is 1.07. The molecule has 0 aromatic heterocycles. The van der Waals surface area contributed by atoms with Gasteiger partial charge in [-0.2, -0.15) is 0 Å². The van der Waals surface area contributed by atoms with E-state index in [1.54, 1.807) is 0 Å². The first-order valence-corrected chi connectivity index (χ1v) is 1.07. The van der Waals surface area contributed by atoms with Gasteiger partial charge >= 0.3 is 16.5 Å². The van der Waals surface area contributed by atoms with Crippen molar-refractivity contribution in [1.82, 2.24) is 6.15 Å². The van der Waals surface area contributed by atoms with Gasteiger partial charge in [0.05, 0.1) is 11.9 Å². The molecule has 0 aliphatic carbocycles. The SMILES string of the molecule is N.O=C([O-])C(=O)[O-].[Ni+2]. The van der Waals surface area contributed by atoms with Crippen LogP contribution in [0.1, 0.15) is 0 Å². The zero-order valence-electron chi connectivity index (χ0n) is 3.66. The average molecular weight is 164 g/mol. The van der Waals surface area contributed by atoms with Gasteiger partial charge in [-0.1, -0.05) is 0 Å². The van der Waals surface area contributed by atoms with E-state index in [-0.39, 0.29) is 22.6 Å². The number of carbonyl (C=O) groups excluding carboxylic acids is 2. The second-order valence-electron chi connectivity index (χ2n) is 0.575. The fourth-order valence-electron chi connectivity index (χ4n) is 0. The van der Waals surface area contributed by atoms with Crippen LogP contribution in [0.2, 0.25) is 0 Å². The van der Waals surface area contributed by atoms with Crippen LogP contribution in [0.15, 0.2) is 0 Å². The predicted octanol–water partition coefficient (Wildman–Crippen LogP) is -3.35. The molecule has 0 aliphatic heterocycles. The van der Waals surface area contributed by atoms with Crippen LogP contribution in [0.25, 0.3) is 0 Å². The third kappa shape index (κ3) is 9.04. The average Bonchev–Trinajstić information content (AvgIpc) is 1.36. The maximum Gasteiger partial charge on any atom is 2.00 e. The molecule has 0 unspecified atom stereocenters. The molecule has 0 aromatic carbocycles. The number of hydrogen-bond donors (Lipinski definition) is 1. The van der Waals surface area contributed by atoms with Crippen molar-refractivity contribution in [3.05, 3.63) is 0 Å². The minimum absolute atomic E-state index is 0. The Morgan fingerprint density at radius 2 is 1.12 bits per heavy atom. The van der Waals surface area contributed by atoms with Crippen molar-refractivity contribution in [3.63, 3.8) is 0 Å². The molecule has 0 bridgehead atoms. The smallest absolute Gasteiger partial charge is 0.543 e. The molecule has 50 valence electrons. The van der Waals surface area contributed by atoms with Crippen LogP contribution in [-0.4, -0.2) is 11.9 Å². The molecule has 0 amide bonds. The van der Waals surface area contributed by atoms with Gasteiger partial charge < -0.3 is 26.0 Å². The predicted molar refractivity (Wildman–Crippen MR) is 15.0 cm³/mol. The van der Waals surface area contributed by atoms with Gasteiger partial charge in [-0.25, -0.2) is 0 Å². The van der Waals surface area contributed by atoms with Crippen molar-refractivity contribution in [1.29, 1.82) is 0 Å². The van der Waals surface area contributed by atoms with E-state index in [9.17, 15) is 0 Å². The minimum atomic E-state index is -2.19. The van der Waals surface area contributed by atoms with Gasteiger partial charge in [0.15, 0.2) is 0 Å². The van der Waals surface area contributed by atoms with E-state index in [1.165, 1.54) is 0 Å². The molecule has 0 atom stereocenters. The van der Waals surface area contributed by atoms with E-state index in [4.69, 9.17) is 19.8 Å². The van der Waals surface area contributed by atoms with E-state index in [0.717, 1.165) is 0 Å². The zero-order valence-corrected chi connectivity index (χ0v) is 4.64. The van der Waals surface area contributed by atoms with E-state index in [1.807, 2.05) is 0 Å². The van der Waals surface area contributed by atoms with Crippen molar-refractivity contribution in [2.75, 3.05) is 0 Å². The van der Waals surface area contributed by atoms with E-state index in [2.05, 4.69) is 0 Å². The summed E-state index contributed by atoms with van der Waals surface area (Å²) < 4.78 is 0. The Labute approximate surface area is 55.2 Å². The summed E-state index contributed by atoms with van der Waals surface area (Å²) in [5, 5.41) is 17.9. The monoisotopic (exact) mass is 163 g/mol. The largest absolute Gasteiger partial charge is 2.00 e.